The van der Waals surface area contributed by atoms with Gasteiger partial charge in [-0.15, -0.1) is 0 Å². The van der Waals surface area contributed by atoms with Gasteiger partial charge in [0.2, 0.25) is 11.2 Å². The Morgan fingerprint density at radius 1 is 0.939 bits per heavy atom. The predicted octanol–water partition coefficient (Wildman–Crippen LogP) is 6.06. The molecule has 0 radical (unpaired) electrons. The lowest BCUT2D eigenvalue weighted by Gasteiger charge is -2.19. The van der Waals surface area contributed by atoms with Gasteiger partial charge in [-0.2, -0.15) is 0 Å². The molecule has 4 aromatic rings. The van der Waals surface area contributed by atoms with E-state index in [0.29, 0.717) is 18.0 Å². The van der Waals surface area contributed by atoms with Crippen LogP contribution in [0.25, 0.3) is 10.9 Å². The summed E-state index contributed by atoms with van der Waals surface area (Å²) in [7, 11) is 0. The van der Waals surface area contributed by atoms with Gasteiger partial charge in [0.1, 0.15) is 17.1 Å². The van der Waals surface area contributed by atoms with Crippen LogP contribution in [0.5, 0.6) is 23.0 Å². The van der Waals surface area contributed by atoms with Crippen molar-refractivity contribution in [2.45, 2.75) is 27.3 Å². The third-order valence-electron chi connectivity index (χ3n) is 5.28. The number of halogens is 1. The molecule has 3 aromatic carbocycles. The number of pyridine rings is 1. The smallest absolute Gasteiger partial charge is 0.341 e. The van der Waals surface area contributed by atoms with Crippen LogP contribution in [0.2, 0.25) is 0 Å². The van der Waals surface area contributed by atoms with Gasteiger partial charge in [-0.25, -0.2) is 9.18 Å². The summed E-state index contributed by atoms with van der Waals surface area (Å²) in [6, 6.07) is 15.2. The molecule has 0 bridgehead atoms. The van der Waals surface area contributed by atoms with Gasteiger partial charge in [0, 0.05) is 12.7 Å². The van der Waals surface area contributed by atoms with E-state index in [1.807, 2.05) is 38.1 Å². The average molecular weight is 447 g/mol. The molecular weight excluding hydrogens is 425 g/mol. The van der Waals surface area contributed by atoms with Crippen molar-refractivity contribution in [3.63, 3.8) is 0 Å². The standard InChI is InChI=1S/C26H22FNO5/c1-4-28-14-20(26(30)31)23(29)19-13-21(27)24(32-17-9-5-15(2)6-10-17)25(22(19)28)33-18-11-7-16(3)8-12-18/h5-14H,4H2,1-3H3,(H,30,31). The molecule has 6 nitrogen and oxygen atoms in total. The highest BCUT2D eigenvalue weighted by molar-refractivity contribution is 5.95. The lowest BCUT2D eigenvalue weighted by Crippen LogP contribution is -2.19. The molecular formula is C26H22FNO5. The molecule has 0 spiro atoms. The van der Waals surface area contributed by atoms with Gasteiger partial charge in [-0.3, -0.25) is 4.79 Å². The molecule has 0 aliphatic carbocycles. The summed E-state index contributed by atoms with van der Waals surface area (Å²) in [4.78, 5) is 24.5. The molecule has 0 atom stereocenters. The second kappa shape index (κ2) is 8.78. The van der Waals surface area contributed by atoms with Gasteiger partial charge < -0.3 is 19.1 Å². The van der Waals surface area contributed by atoms with Gasteiger partial charge in [0.25, 0.3) is 0 Å². The first-order valence-corrected chi connectivity index (χ1v) is 10.4. The van der Waals surface area contributed by atoms with Crippen LogP contribution in [0.1, 0.15) is 28.4 Å². The third kappa shape index (κ3) is 4.30. The lowest BCUT2D eigenvalue weighted by molar-refractivity contribution is 0.0695. The fraction of sp³-hybridized carbons (Fsp3) is 0.154. The second-order valence-corrected chi connectivity index (χ2v) is 7.71. The first-order chi connectivity index (χ1) is 15.8. The number of fused-ring (bicyclic) bond motifs is 1. The molecule has 0 saturated carbocycles. The van der Waals surface area contributed by atoms with Crippen LogP contribution in [0.15, 0.2) is 65.6 Å². The van der Waals surface area contributed by atoms with Crippen LogP contribution in [-0.2, 0) is 6.54 Å². The monoisotopic (exact) mass is 447 g/mol. The number of ether oxygens (including phenoxy) is 2. The number of carboxylic acids is 1. The van der Waals surface area contributed by atoms with Crippen LogP contribution in [0.4, 0.5) is 4.39 Å². The lowest BCUT2D eigenvalue weighted by atomic mass is 10.1. The zero-order chi connectivity index (χ0) is 23.7. The van der Waals surface area contributed by atoms with E-state index in [2.05, 4.69) is 0 Å². The SMILES string of the molecule is CCn1cc(C(=O)O)c(=O)c2cc(F)c(Oc3ccc(C)cc3)c(Oc3ccc(C)cc3)c21. The molecule has 4 rings (SSSR count). The largest absolute Gasteiger partial charge is 0.477 e. The molecule has 1 aromatic heterocycles. The van der Waals surface area contributed by atoms with Crippen molar-refractivity contribution in [1.82, 2.24) is 4.57 Å². The summed E-state index contributed by atoms with van der Waals surface area (Å²) < 4.78 is 28.9. The maximum absolute atomic E-state index is 15.4. The molecule has 33 heavy (non-hydrogen) atoms. The number of aryl methyl sites for hydroxylation is 3. The summed E-state index contributed by atoms with van der Waals surface area (Å²) in [5.41, 5.74) is 1.03. The van der Waals surface area contributed by atoms with Crippen molar-refractivity contribution in [2.24, 2.45) is 0 Å². The molecule has 0 aliphatic heterocycles. The summed E-state index contributed by atoms with van der Waals surface area (Å²) in [6.07, 6.45) is 1.24. The van der Waals surface area contributed by atoms with Crippen molar-refractivity contribution in [3.05, 3.63) is 93.5 Å². The van der Waals surface area contributed by atoms with Crippen LogP contribution in [0.3, 0.4) is 0 Å². The summed E-state index contributed by atoms with van der Waals surface area (Å²) >= 11 is 0. The van der Waals surface area contributed by atoms with Crippen LogP contribution < -0.4 is 14.9 Å². The number of aromatic carboxylic acids is 1. The Balaban J connectivity index is 2.02. The third-order valence-corrected chi connectivity index (χ3v) is 5.28. The highest BCUT2D eigenvalue weighted by Gasteiger charge is 2.24. The summed E-state index contributed by atoms with van der Waals surface area (Å²) in [5.74, 6) is -1.63. The van der Waals surface area contributed by atoms with E-state index in [0.717, 1.165) is 17.2 Å². The Hall–Kier alpha value is -4.13. The molecule has 0 saturated heterocycles. The van der Waals surface area contributed by atoms with E-state index in [9.17, 15) is 14.7 Å². The molecule has 7 heteroatoms. The first kappa shape index (κ1) is 22.1. The van der Waals surface area contributed by atoms with Gasteiger partial charge in [-0.05, 0) is 51.1 Å². The topological polar surface area (TPSA) is 77.8 Å². The summed E-state index contributed by atoms with van der Waals surface area (Å²) in [5, 5.41) is 9.35. The normalized spacial score (nSPS) is 10.9. The quantitative estimate of drug-likeness (QED) is 0.389. The number of nitrogens with zero attached hydrogens (tertiary/aromatic N) is 1. The van der Waals surface area contributed by atoms with Crippen molar-refractivity contribution < 1.29 is 23.8 Å². The Bertz CT molecular complexity index is 1410. The number of benzene rings is 3. The maximum Gasteiger partial charge on any atom is 0.341 e. The number of aromatic nitrogens is 1. The zero-order valence-electron chi connectivity index (χ0n) is 18.4. The fourth-order valence-electron chi connectivity index (χ4n) is 3.52. The fourth-order valence-corrected chi connectivity index (χ4v) is 3.52. The van der Waals surface area contributed by atoms with Crippen molar-refractivity contribution in [3.8, 4) is 23.0 Å². The number of carboxylic acid groups (broad SMARTS) is 1. The molecule has 1 N–H and O–H groups in total. The minimum absolute atomic E-state index is 0.00897. The maximum atomic E-state index is 15.4. The molecule has 0 aliphatic rings. The zero-order valence-corrected chi connectivity index (χ0v) is 18.4. The number of carbonyl (C=O) groups is 1. The molecule has 168 valence electrons. The predicted molar refractivity (Wildman–Crippen MR) is 123 cm³/mol. The van der Waals surface area contributed by atoms with Crippen molar-refractivity contribution in [1.29, 1.82) is 0 Å². The van der Waals surface area contributed by atoms with E-state index < -0.39 is 22.8 Å². The number of rotatable bonds is 6. The van der Waals surface area contributed by atoms with Gasteiger partial charge in [0.15, 0.2) is 11.6 Å². The molecule has 0 amide bonds. The molecule has 0 unspecified atom stereocenters. The average Bonchev–Trinajstić information content (AvgIpc) is 2.79. The minimum Gasteiger partial charge on any atom is -0.477 e. The van der Waals surface area contributed by atoms with Gasteiger partial charge in [0.05, 0.1) is 10.9 Å². The van der Waals surface area contributed by atoms with E-state index in [4.69, 9.17) is 9.47 Å². The Morgan fingerprint density at radius 3 is 1.94 bits per heavy atom. The Morgan fingerprint density at radius 2 is 1.45 bits per heavy atom. The van der Waals surface area contributed by atoms with Gasteiger partial charge in [-0.1, -0.05) is 35.4 Å². The van der Waals surface area contributed by atoms with E-state index in [-0.39, 0.29) is 22.4 Å². The Kier molecular flexibility index (Phi) is 5.87. The van der Waals surface area contributed by atoms with Crippen LogP contribution in [-0.4, -0.2) is 15.6 Å². The first-order valence-electron chi connectivity index (χ1n) is 10.4. The van der Waals surface area contributed by atoms with Gasteiger partial charge >= 0.3 is 5.97 Å². The Labute approximate surface area is 189 Å². The van der Waals surface area contributed by atoms with Crippen molar-refractivity contribution >= 4 is 16.9 Å². The number of hydrogen-bond acceptors (Lipinski definition) is 4. The van der Waals surface area contributed by atoms with E-state index >= 15 is 4.39 Å². The molecule has 1 heterocycles. The number of hydrogen-bond donors (Lipinski definition) is 1. The summed E-state index contributed by atoms with van der Waals surface area (Å²) in [6.45, 7) is 5.95. The van der Waals surface area contributed by atoms with E-state index in [1.165, 1.54) is 6.20 Å². The molecule has 0 fully saturated rings. The van der Waals surface area contributed by atoms with Crippen LogP contribution in [0, 0.1) is 19.7 Å². The minimum atomic E-state index is -1.38. The second-order valence-electron chi connectivity index (χ2n) is 7.71. The highest BCUT2D eigenvalue weighted by Crippen LogP contribution is 2.42. The highest BCUT2D eigenvalue weighted by atomic mass is 19.1. The van der Waals surface area contributed by atoms with Crippen molar-refractivity contribution in [2.75, 3.05) is 0 Å². The van der Waals surface area contributed by atoms with Crippen LogP contribution >= 0.6 is 0 Å². The van der Waals surface area contributed by atoms with E-state index in [1.54, 1.807) is 35.8 Å².